The lowest BCUT2D eigenvalue weighted by Crippen LogP contribution is -2.49. The van der Waals surface area contributed by atoms with E-state index < -0.39 is 17.8 Å². The van der Waals surface area contributed by atoms with Crippen molar-refractivity contribution in [2.45, 2.75) is 39.9 Å². The highest BCUT2D eigenvalue weighted by Crippen LogP contribution is 2.10. The van der Waals surface area contributed by atoms with E-state index in [2.05, 4.69) is 41.6 Å². The SMILES string of the molecule is CCN(C)Cc1cccc(CNC(=O)[C@H](NC(=O)c2ccc(F)cc2)C(C)C)c1. The smallest absolute Gasteiger partial charge is 0.251 e. The molecule has 0 aliphatic rings. The predicted octanol–water partition coefficient (Wildman–Crippen LogP) is 3.35. The molecule has 0 aliphatic carbocycles. The van der Waals surface area contributed by atoms with Crippen LogP contribution in [0.1, 0.15) is 42.3 Å². The van der Waals surface area contributed by atoms with Crippen LogP contribution in [0.5, 0.6) is 0 Å². The first-order valence-electron chi connectivity index (χ1n) is 9.90. The van der Waals surface area contributed by atoms with Crippen molar-refractivity contribution < 1.29 is 14.0 Å². The summed E-state index contributed by atoms with van der Waals surface area (Å²) in [4.78, 5) is 27.3. The van der Waals surface area contributed by atoms with Gasteiger partial charge in [0.05, 0.1) is 0 Å². The van der Waals surface area contributed by atoms with Gasteiger partial charge in [0.1, 0.15) is 11.9 Å². The van der Waals surface area contributed by atoms with E-state index in [1.165, 1.54) is 29.8 Å². The second-order valence-corrected chi connectivity index (χ2v) is 7.57. The second-order valence-electron chi connectivity index (χ2n) is 7.57. The Balaban J connectivity index is 1.98. The van der Waals surface area contributed by atoms with E-state index in [4.69, 9.17) is 0 Å². The molecule has 2 rings (SSSR count). The van der Waals surface area contributed by atoms with E-state index >= 15 is 0 Å². The number of nitrogens with zero attached hydrogens (tertiary/aromatic N) is 1. The van der Waals surface area contributed by atoms with Gasteiger partial charge in [-0.15, -0.1) is 0 Å². The third-order valence-electron chi connectivity index (χ3n) is 4.79. The van der Waals surface area contributed by atoms with Crippen molar-refractivity contribution in [2.75, 3.05) is 13.6 Å². The minimum Gasteiger partial charge on any atom is -0.350 e. The first kappa shape index (κ1) is 22.6. The lowest BCUT2D eigenvalue weighted by atomic mass is 10.0. The molecule has 5 nitrogen and oxygen atoms in total. The van der Waals surface area contributed by atoms with Crippen LogP contribution in [-0.2, 0) is 17.9 Å². The summed E-state index contributed by atoms with van der Waals surface area (Å²) in [6.45, 7) is 8.05. The number of hydrogen-bond donors (Lipinski definition) is 2. The molecule has 0 saturated carbocycles. The third-order valence-corrected chi connectivity index (χ3v) is 4.79. The topological polar surface area (TPSA) is 61.4 Å². The van der Waals surface area contributed by atoms with Crippen molar-refractivity contribution in [3.63, 3.8) is 0 Å². The maximum atomic E-state index is 13.1. The molecular formula is C23H30FN3O2. The van der Waals surface area contributed by atoms with Crippen molar-refractivity contribution in [2.24, 2.45) is 5.92 Å². The molecule has 0 fully saturated rings. The van der Waals surface area contributed by atoms with Gasteiger partial charge in [-0.2, -0.15) is 0 Å². The average Bonchev–Trinajstić information content (AvgIpc) is 2.70. The summed E-state index contributed by atoms with van der Waals surface area (Å²) in [5, 5.41) is 5.67. The van der Waals surface area contributed by atoms with Crippen LogP contribution in [0.15, 0.2) is 48.5 Å². The molecule has 0 bridgehead atoms. The zero-order valence-electron chi connectivity index (χ0n) is 17.5. The van der Waals surface area contributed by atoms with E-state index in [-0.39, 0.29) is 11.8 Å². The number of amides is 2. The van der Waals surface area contributed by atoms with Crippen LogP contribution in [0, 0.1) is 11.7 Å². The summed E-state index contributed by atoms with van der Waals surface area (Å²) in [5.74, 6) is -1.15. The fourth-order valence-corrected chi connectivity index (χ4v) is 2.92. The number of rotatable bonds is 9. The lowest BCUT2D eigenvalue weighted by Gasteiger charge is -2.22. The predicted molar refractivity (Wildman–Crippen MR) is 113 cm³/mol. The summed E-state index contributed by atoms with van der Waals surface area (Å²) in [5.41, 5.74) is 2.51. The number of carbonyl (C=O) groups excluding carboxylic acids is 2. The Labute approximate surface area is 172 Å². The van der Waals surface area contributed by atoms with E-state index in [9.17, 15) is 14.0 Å². The van der Waals surface area contributed by atoms with Crippen LogP contribution in [0.3, 0.4) is 0 Å². The van der Waals surface area contributed by atoms with Gasteiger partial charge in [-0.05, 0) is 54.9 Å². The van der Waals surface area contributed by atoms with Crippen molar-refractivity contribution in [3.8, 4) is 0 Å². The molecule has 0 saturated heterocycles. The molecule has 2 aromatic rings. The van der Waals surface area contributed by atoms with Gasteiger partial charge in [0.15, 0.2) is 0 Å². The first-order chi connectivity index (χ1) is 13.8. The fourth-order valence-electron chi connectivity index (χ4n) is 2.92. The summed E-state index contributed by atoms with van der Waals surface area (Å²) in [6, 6.07) is 12.7. The van der Waals surface area contributed by atoms with Crippen molar-refractivity contribution in [1.29, 1.82) is 0 Å². The largest absolute Gasteiger partial charge is 0.350 e. The van der Waals surface area contributed by atoms with Crippen molar-refractivity contribution in [1.82, 2.24) is 15.5 Å². The second kappa shape index (κ2) is 10.7. The molecule has 0 heterocycles. The van der Waals surface area contributed by atoms with Crippen molar-refractivity contribution >= 4 is 11.8 Å². The highest BCUT2D eigenvalue weighted by molar-refractivity contribution is 5.97. The van der Waals surface area contributed by atoms with Gasteiger partial charge in [0.25, 0.3) is 5.91 Å². The first-order valence-corrected chi connectivity index (χ1v) is 9.90. The highest BCUT2D eigenvalue weighted by Gasteiger charge is 2.24. The summed E-state index contributed by atoms with van der Waals surface area (Å²) < 4.78 is 13.1. The molecule has 0 aromatic heterocycles. The zero-order valence-corrected chi connectivity index (χ0v) is 17.5. The van der Waals surface area contributed by atoms with Gasteiger partial charge >= 0.3 is 0 Å². The lowest BCUT2D eigenvalue weighted by molar-refractivity contribution is -0.124. The standard InChI is InChI=1S/C23H30FN3O2/c1-5-27(4)15-18-8-6-7-17(13-18)14-25-23(29)21(16(2)3)26-22(28)19-9-11-20(24)12-10-19/h6-13,16,21H,5,14-15H2,1-4H3,(H,25,29)(H,26,28)/t21-/m1/s1. The molecule has 156 valence electrons. The van der Waals surface area contributed by atoms with Gasteiger partial charge in [-0.25, -0.2) is 4.39 Å². The molecule has 2 aromatic carbocycles. The molecule has 0 unspecified atom stereocenters. The van der Waals surface area contributed by atoms with Crippen LogP contribution in [0.25, 0.3) is 0 Å². The summed E-state index contributed by atoms with van der Waals surface area (Å²) in [6.07, 6.45) is 0. The molecular weight excluding hydrogens is 369 g/mol. The number of carbonyl (C=O) groups is 2. The van der Waals surface area contributed by atoms with Gasteiger partial charge in [-0.3, -0.25) is 9.59 Å². The molecule has 2 N–H and O–H groups in total. The Morgan fingerprint density at radius 1 is 1.07 bits per heavy atom. The summed E-state index contributed by atoms with van der Waals surface area (Å²) >= 11 is 0. The average molecular weight is 400 g/mol. The fraction of sp³-hybridized carbons (Fsp3) is 0.391. The Kier molecular flexibility index (Phi) is 8.34. The van der Waals surface area contributed by atoms with Gasteiger partial charge in [0.2, 0.25) is 5.91 Å². The van der Waals surface area contributed by atoms with E-state index in [1.807, 2.05) is 26.0 Å². The van der Waals surface area contributed by atoms with Gasteiger partial charge < -0.3 is 15.5 Å². The maximum absolute atomic E-state index is 13.1. The molecule has 6 heteroatoms. The Hall–Kier alpha value is -2.73. The van der Waals surface area contributed by atoms with Crippen LogP contribution in [0.2, 0.25) is 0 Å². The Morgan fingerprint density at radius 2 is 1.72 bits per heavy atom. The molecule has 1 atom stereocenters. The maximum Gasteiger partial charge on any atom is 0.251 e. The molecule has 2 amide bonds. The minimum atomic E-state index is -0.679. The number of halogens is 1. The molecule has 29 heavy (non-hydrogen) atoms. The normalized spacial score (nSPS) is 12.1. The Morgan fingerprint density at radius 3 is 2.34 bits per heavy atom. The van der Waals surface area contributed by atoms with E-state index in [1.54, 1.807) is 0 Å². The van der Waals surface area contributed by atoms with Gasteiger partial charge in [0, 0.05) is 18.7 Å². The number of hydrogen-bond acceptors (Lipinski definition) is 3. The number of nitrogens with one attached hydrogen (secondary N) is 2. The van der Waals surface area contributed by atoms with Crippen LogP contribution < -0.4 is 10.6 Å². The molecule has 0 aliphatic heterocycles. The van der Waals surface area contributed by atoms with Crippen LogP contribution in [0.4, 0.5) is 4.39 Å². The van der Waals surface area contributed by atoms with Gasteiger partial charge in [-0.1, -0.05) is 45.0 Å². The zero-order chi connectivity index (χ0) is 21.4. The van der Waals surface area contributed by atoms with Crippen LogP contribution in [-0.4, -0.2) is 36.3 Å². The highest BCUT2D eigenvalue weighted by atomic mass is 19.1. The van der Waals surface area contributed by atoms with E-state index in [0.717, 1.165) is 18.7 Å². The quantitative estimate of drug-likeness (QED) is 0.680. The minimum absolute atomic E-state index is 0.0936. The Bertz CT molecular complexity index is 821. The number of benzene rings is 2. The van der Waals surface area contributed by atoms with E-state index in [0.29, 0.717) is 12.1 Å². The molecule has 0 radical (unpaired) electrons. The monoisotopic (exact) mass is 399 g/mol. The van der Waals surface area contributed by atoms with Crippen LogP contribution >= 0.6 is 0 Å². The third kappa shape index (κ3) is 6.98. The molecule has 0 spiro atoms. The summed E-state index contributed by atoms with van der Waals surface area (Å²) in [7, 11) is 2.06. The van der Waals surface area contributed by atoms with Crippen molar-refractivity contribution in [3.05, 3.63) is 71.0 Å².